The van der Waals surface area contributed by atoms with E-state index < -0.39 is 21.8 Å². The van der Waals surface area contributed by atoms with Crippen LogP contribution in [0.15, 0.2) is 40.8 Å². The molecule has 1 aromatic heterocycles. The average Bonchev–Trinajstić information content (AvgIpc) is 3.43. The minimum absolute atomic E-state index is 0.0632. The number of sulfonamides is 1. The van der Waals surface area contributed by atoms with Crippen molar-refractivity contribution in [2.75, 3.05) is 17.1 Å². The van der Waals surface area contributed by atoms with Crippen molar-refractivity contribution >= 4 is 32.6 Å². The van der Waals surface area contributed by atoms with Crippen LogP contribution in [0.4, 0.5) is 10.1 Å². The van der Waals surface area contributed by atoms with E-state index in [1.807, 2.05) is 0 Å². The Morgan fingerprint density at radius 1 is 1.25 bits per heavy atom. The summed E-state index contributed by atoms with van der Waals surface area (Å²) in [4.78, 5) is 12.1. The van der Waals surface area contributed by atoms with Crippen molar-refractivity contribution in [2.45, 2.75) is 32.8 Å². The molecule has 1 fully saturated rings. The Morgan fingerprint density at radius 2 is 1.91 bits per heavy atom. The number of carboxylic acid groups (broad SMARTS) is 1. The number of aromatic carboxylic acids is 1. The fourth-order valence-corrected chi connectivity index (χ4v) is 4.60. The smallest absolute Gasteiger partial charge is 0.340 e. The summed E-state index contributed by atoms with van der Waals surface area (Å²) in [6.07, 6.45) is 2.76. The summed E-state index contributed by atoms with van der Waals surface area (Å²) in [6, 6.07) is 8.32. The van der Waals surface area contributed by atoms with Crippen molar-refractivity contribution in [1.82, 2.24) is 0 Å². The molecule has 3 aromatic rings. The zero-order valence-electron chi connectivity index (χ0n) is 18.0. The lowest BCUT2D eigenvalue weighted by molar-refractivity contribution is 0.0699. The summed E-state index contributed by atoms with van der Waals surface area (Å²) < 4.78 is 51.7. The predicted octanol–water partition coefficient (Wildman–Crippen LogP) is 4.90. The van der Waals surface area contributed by atoms with Crippen LogP contribution >= 0.6 is 0 Å². The van der Waals surface area contributed by atoms with Crippen LogP contribution in [-0.4, -0.2) is 38.4 Å². The van der Waals surface area contributed by atoms with Gasteiger partial charge in [0, 0.05) is 23.6 Å². The predicted molar refractivity (Wildman–Crippen MR) is 119 cm³/mol. The zero-order valence-corrected chi connectivity index (χ0v) is 18.8. The van der Waals surface area contributed by atoms with E-state index in [9.17, 15) is 22.7 Å². The molecule has 2 aromatic carbocycles. The number of anilines is 1. The Balaban J connectivity index is 1.96. The molecule has 9 heteroatoms. The van der Waals surface area contributed by atoms with E-state index in [0.717, 1.165) is 19.1 Å². The van der Waals surface area contributed by atoms with Crippen molar-refractivity contribution in [3.8, 4) is 17.1 Å². The Labute approximate surface area is 185 Å². The first-order chi connectivity index (χ1) is 15.0. The normalized spacial score (nSPS) is 14.2. The molecule has 0 aliphatic heterocycles. The number of benzene rings is 2. The second kappa shape index (κ2) is 8.12. The quantitative estimate of drug-likeness (QED) is 0.512. The highest BCUT2D eigenvalue weighted by Crippen LogP contribution is 2.43. The monoisotopic (exact) mass is 461 g/mol. The molecule has 1 aliphatic carbocycles. The number of ether oxygens (including phenoxy) is 1. The summed E-state index contributed by atoms with van der Waals surface area (Å²) in [5, 5.41) is 10.2. The highest BCUT2D eigenvalue weighted by atomic mass is 32.2. The van der Waals surface area contributed by atoms with Gasteiger partial charge in [-0.2, -0.15) is 0 Å². The molecule has 4 rings (SSSR count). The molecule has 0 atom stereocenters. The van der Waals surface area contributed by atoms with Gasteiger partial charge in [-0.1, -0.05) is 0 Å². The minimum Gasteiger partial charge on any atom is -0.489 e. The molecule has 0 saturated heterocycles. The van der Waals surface area contributed by atoms with Crippen LogP contribution in [0.3, 0.4) is 0 Å². The van der Waals surface area contributed by atoms with Gasteiger partial charge in [0.1, 0.15) is 28.5 Å². The Bertz CT molecular complexity index is 1280. The Kier molecular flexibility index (Phi) is 5.62. The third-order valence-electron chi connectivity index (χ3n) is 5.24. The molecule has 32 heavy (non-hydrogen) atoms. The maximum Gasteiger partial charge on any atom is 0.340 e. The third-order valence-corrected chi connectivity index (χ3v) is 6.39. The van der Waals surface area contributed by atoms with Crippen molar-refractivity contribution < 1.29 is 31.9 Å². The summed E-state index contributed by atoms with van der Waals surface area (Å²) in [5.41, 5.74) is 0.805. The van der Waals surface area contributed by atoms with Gasteiger partial charge in [-0.3, -0.25) is 4.31 Å². The van der Waals surface area contributed by atoms with Gasteiger partial charge in [-0.15, -0.1) is 0 Å². The van der Waals surface area contributed by atoms with Crippen molar-refractivity contribution in [2.24, 2.45) is 5.92 Å². The van der Waals surface area contributed by atoms with Gasteiger partial charge in [0.25, 0.3) is 0 Å². The van der Waals surface area contributed by atoms with E-state index >= 15 is 0 Å². The summed E-state index contributed by atoms with van der Waals surface area (Å²) in [5.74, 6) is -1.08. The number of fused-ring (bicyclic) bond motifs is 1. The van der Waals surface area contributed by atoms with E-state index in [4.69, 9.17) is 9.15 Å². The van der Waals surface area contributed by atoms with E-state index in [0.29, 0.717) is 17.8 Å². The van der Waals surface area contributed by atoms with Crippen LogP contribution in [0, 0.1) is 11.7 Å². The van der Waals surface area contributed by atoms with Crippen LogP contribution in [-0.2, 0) is 10.0 Å². The lowest BCUT2D eigenvalue weighted by Gasteiger charge is -2.25. The zero-order chi connectivity index (χ0) is 23.2. The molecule has 170 valence electrons. The summed E-state index contributed by atoms with van der Waals surface area (Å²) in [6.45, 7) is 3.92. The average molecular weight is 462 g/mol. The second-order valence-electron chi connectivity index (χ2n) is 8.34. The number of furan rings is 1. The second-order valence-corrected chi connectivity index (χ2v) is 10.2. The number of rotatable bonds is 8. The van der Waals surface area contributed by atoms with Gasteiger partial charge in [-0.25, -0.2) is 17.6 Å². The lowest BCUT2D eigenvalue weighted by Crippen LogP contribution is -2.32. The van der Waals surface area contributed by atoms with Crippen LogP contribution in [0.25, 0.3) is 22.3 Å². The molecular weight excluding hydrogens is 437 g/mol. The van der Waals surface area contributed by atoms with Gasteiger partial charge < -0.3 is 14.3 Å². The van der Waals surface area contributed by atoms with Crippen molar-refractivity contribution in [3.63, 3.8) is 0 Å². The fourth-order valence-electron chi connectivity index (χ4n) is 3.62. The van der Waals surface area contributed by atoms with Gasteiger partial charge in [0.15, 0.2) is 0 Å². The van der Waals surface area contributed by atoms with E-state index in [2.05, 4.69) is 0 Å². The first kappa shape index (κ1) is 22.1. The van der Waals surface area contributed by atoms with Crippen molar-refractivity contribution in [1.29, 1.82) is 0 Å². The molecule has 0 amide bonds. The first-order valence-electron chi connectivity index (χ1n) is 10.3. The largest absolute Gasteiger partial charge is 0.489 e. The molecule has 0 spiro atoms. The van der Waals surface area contributed by atoms with Crippen LogP contribution in [0.2, 0.25) is 0 Å². The van der Waals surface area contributed by atoms with Gasteiger partial charge >= 0.3 is 5.97 Å². The number of hydrogen-bond acceptors (Lipinski definition) is 5. The molecule has 1 N–H and O–H groups in total. The Hall–Kier alpha value is -3.07. The van der Waals surface area contributed by atoms with Gasteiger partial charge in [-0.05, 0) is 62.9 Å². The number of hydrogen-bond donors (Lipinski definition) is 1. The molecule has 1 aliphatic rings. The highest BCUT2D eigenvalue weighted by Gasteiger charge is 2.32. The molecule has 0 bridgehead atoms. The SMILES string of the molecule is CC(C)Oc1cc2c(C(=O)O)c(-c3ccc(F)cc3)oc2cc1N(CC1CC1)S(C)(=O)=O. The standard InChI is InChI=1S/C23H24FNO6S/c1-13(2)30-20-10-17-19(11-18(20)25(32(3,28)29)12-14-4-5-14)31-22(21(17)23(26)27)15-6-8-16(24)9-7-15/h6-11,13-14H,4-5,12H2,1-3H3,(H,26,27). The van der Waals surface area contributed by atoms with Crippen LogP contribution in [0.5, 0.6) is 5.75 Å². The Morgan fingerprint density at radius 3 is 2.44 bits per heavy atom. The van der Waals surface area contributed by atoms with E-state index in [-0.39, 0.29) is 40.1 Å². The molecular formula is C23H24FNO6S. The summed E-state index contributed by atoms with van der Waals surface area (Å²) >= 11 is 0. The lowest BCUT2D eigenvalue weighted by atomic mass is 10.0. The molecule has 1 saturated carbocycles. The molecule has 0 unspecified atom stereocenters. The van der Waals surface area contributed by atoms with E-state index in [1.165, 1.54) is 40.7 Å². The number of halogens is 1. The topological polar surface area (TPSA) is 97.1 Å². The minimum atomic E-state index is -3.62. The number of nitrogens with zero attached hydrogens (tertiary/aromatic N) is 1. The maximum atomic E-state index is 13.4. The highest BCUT2D eigenvalue weighted by molar-refractivity contribution is 7.92. The third kappa shape index (κ3) is 4.43. The van der Waals surface area contributed by atoms with Crippen molar-refractivity contribution in [3.05, 3.63) is 47.8 Å². The van der Waals surface area contributed by atoms with E-state index in [1.54, 1.807) is 13.8 Å². The van der Waals surface area contributed by atoms with Gasteiger partial charge in [0.05, 0.1) is 18.0 Å². The number of carboxylic acids is 1. The van der Waals surface area contributed by atoms with Gasteiger partial charge in [0.2, 0.25) is 10.0 Å². The fraction of sp³-hybridized carbons (Fsp3) is 0.348. The molecule has 1 heterocycles. The number of carbonyl (C=O) groups is 1. The summed E-state index contributed by atoms with van der Waals surface area (Å²) in [7, 11) is -3.62. The molecule has 7 nitrogen and oxygen atoms in total. The van der Waals surface area contributed by atoms with Crippen LogP contribution in [0.1, 0.15) is 37.0 Å². The van der Waals surface area contributed by atoms with Crippen LogP contribution < -0.4 is 9.04 Å². The molecule has 0 radical (unpaired) electrons. The maximum absolute atomic E-state index is 13.4. The first-order valence-corrected chi connectivity index (χ1v) is 12.1.